The Labute approximate surface area is 143 Å². The molecule has 2 rings (SSSR count). The smallest absolute Gasteiger partial charge is 0.255 e. The lowest BCUT2D eigenvalue weighted by molar-refractivity contribution is 0.0952. The number of phenols is 2. The summed E-state index contributed by atoms with van der Waals surface area (Å²) in [5.74, 6) is -0.558. The molecule has 1 amide bonds. The third-order valence-corrected chi connectivity index (χ3v) is 3.47. The summed E-state index contributed by atoms with van der Waals surface area (Å²) in [4.78, 5) is 15.9. The maximum absolute atomic E-state index is 11.8. The van der Waals surface area contributed by atoms with Crippen LogP contribution in [0.15, 0.2) is 41.4 Å². The van der Waals surface area contributed by atoms with Crippen molar-refractivity contribution in [2.75, 3.05) is 13.1 Å². The normalized spacial score (nSPS) is 10.9. The van der Waals surface area contributed by atoms with Gasteiger partial charge >= 0.3 is 0 Å². The van der Waals surface area contributed by atoms with Crippen LogP contribution in [0.1, 0.15) is 15.9 Å². The quantitative estimate of drug-likeness (QED) is 0.570. The molecule has 0 aliphatic heterocycles. The van der Waals surface area contributed by atoms with E-state index in [2.05, 4.69) is 10.3 Å². The molecule has 2 aromatic carbocycles. The van der Waals surface area contributed by atoms with Crippen molar-refractivity contribution in [3.05, 3.63) is 57.6 Å². The van der Waals surface area contributed by atoms with E-state index in [4.69, 9.17) is 23.2 Å². The fraction of sp³-hybridized carbons (Fsp3) is 0.125. The van der Waals surface area contributed by atoms with E-state index < -0.39 is 0 Å². The molecule has 0 spiro atoms. The van der Waals surface area contributed by atoms with Gasteiger partial charge in [0.1, 0.15) is 11.5 Å². The van der Waals surface area contributed by atoms with Crippen LogP contribution in [0.3, 0.4) is 0 Å². The van der Waals surface area contributed by atoms with E-state index in [0.29, 0.717) is 17.1 Å². The second-order valence-corrected chi connectivity index (χ2v) is 5.48. The Kier molecular flexibility index (Phi) is 5.84. The molecule has 0 saturated heterocycles. The molecule has 0 radical (unpaired) electrons. The number of carbonyl (C=O) groups is 1. The lowest BCUT2D eigenvalue weighted by atomic mass is 10.2. The largest absolute Gasteiger partial charge is 0.507 e. The van der Waals surface area contributed by atoms with Crippen molar-refractivity contribution in [1.29, 1.82) is 0 Å². The van der Waals surface area contributed by atoms with Crippen LogP contribution in [0.4, 0.5) is 0 Å². The average Bonchev–Trinajstić information content (AvgIpc) is 2.51. The summed E-state index contributed by atoms with van der Waals surface area (Å²) < 4.78 is 0. The number of aromatic hydroxyl groups is 2. The third kappa shape index (κ3) is 4.61. The molecule has 2 aromatic rings. The second kappa shape index (κ2) is 7.85. The average molecular weight is 353 g/mol. The number of phenolic OH excluding ortho intramolecular Hbond substituents is 2. The standard InChI is InChI=1S/C16H14Cl2N2O3/c17-11-7-10(15(22)13(18)8-11)9-19-5-6-20-16(23)12-3-1-2-4-14(12)21/h1-4,7-9,21-22H,5-6H2,(H,20,23). The number of hydrogen-bond acceptors (Lipinski definition) is 4. The maximum atomic E-state index is 11.8. The molecule has 0 fully saturated rings. The van der Waals surface area contributed by atoms with Crippen molar-refractivity contribution in [2.45, 2.75) is 0 Å². The highest BCUT2D eigenvalue weighted by Crippen LogP contribution is 2.29. The van der Waals surface area contributed by atoms with Crippen LogP contribution in [0, 0.1) is 0 Å². The molecular formula is C16H14Cl2N2O3. The van der Waals surface area contributed by atoms with Gasteiger partial charge in [-0.3, -0.25) is 9.79 Å². The number of para-hydroxylation sites is 1. The summed E-state index contributed by atoms with van der Waals surface area (Å²) in [5.41, 5.74) is 0.602. The molecule has 0 heterocycles. The van der Waals surface area contributed by atoms with Crippen molar-refractivity contribution in [3.8, 4) is 11.5 Å². The highest BCUT2D eigenvalue weighted by molar-refractivity contribution is 6.36. The molecule has 0 bridgehead atoms. The Bertz CT molecular complexity index is 748. The van der Waals surface area contributed by atoms with Gasteiger partial charge < -0.3 is 15.5 Å². The van der Waals surface area contributed by atoms with E-state index in [0.717, 1.165) is 0 Å². The maximum Gasteiger partial charge on any atom is 0.255 e. The van der Waals surface area contributed by atoms with Crippen molar-refractivity contribution < 1.29 is 15.0 Å². The number of benzene rings is 2. The molecule has 0 aromatic heterocycles. The fourth-order valence-electron chi connectivity index (χ4n) is 1.84. The van der Waals surface area contributed by atoms with Gasteiger partial charge in [-0.15, -0.1) is 0 Å². The summed E-state index contributed by atoms with van der Waals surface area (Å²) in [5, 5.41) is 22.5. The molecule has 7 heteroatoms. The Hall–Kier alpha value is -2.24. The number of aliphatic imine (C=N–C) groups is 1. The lowest BCUT2D eigenvalue weighted by Gasteiger charge is -2.05. The van der Waals surface area contributed by atoms with Crippen molar-refractivity contribution >= 4 is 35.3 Å². The minimum atomic E-state index is -0.382. The van der Waals surface area contributed by atoms with Gasteiger partial charge in [-0.1, -0.05) is 35.3 Å². The molecule has 3 N–H and O–H groups in total. The van der Waals surface area contributed by atoms with Gasteiger partial charge in [0.05, 0.1) is 17.1 Å². The first-order valence-corrected chi connectivity index (χ1v) is 7.48. The number of hydrogen-bond donors (Lipinski definition) is 3. The molecular weight excluding hydrogens is 339 g/mol. The van der Waals surface area contributed by atoms with Gasteiger partial charge in [0.2, 0.25) is 0 Å². The van der Waals surface area contributed by atoms with Crippen LogP contribution in [-0.4, -0.2) is 35.4 Å². The predicted molar refractivity (Wildman–Crippen MR) is 91.0 cm³/mol. The van der Waals surface area contributed by atoms with E-state index >= 15 is 0 Å². The first kappa shape index (κ1) is 17.1. The molecule has 0 unspecified atom stereocenters. The first-order valence-electron chi connectivity index (χ1n) is 6.73. The number of nitrogens with zero attached hydrogens (tertiary/aromatic N) is 1. The molecule has 0 aliphatic rings. The molecule has 0 saturated carbocycles. The summed E-state index contributed by atoms with van der Waals surface area (Å²) in [6, 6.07) is 9.24. The highest BCUT2D eigenvalue weighted by Gasteiger charge is 2.09. The highest BCUT2D eigenvalue weighted by atomic mass is 35.5. The number of halogens is 2. The Morgan fingerprint density at radius 3 is 2.70 bits per heavy atom. The fourth-order valence-corrected chi connectivity index (χ4v) is 2.35. The van der Waals surface area contributed by atoms with Gasteiger partial charge in [-0.25, -0.2) is 0 Å². The van der Waals surface area contributed by atoms with Crippen LogP contribution in [0.25, 0.3) is 0 Å². The topological polar surface area (TPSA) is 81.9 Å². The van der Waals surface area contributed by atoms with Crippen molar-refractivity contribution in [3.63, 3.8) is 0 Å². The van der Waals surface area contributed by atoms with Crippen molar-refractivity contribution in [1.82, 2.24) is 5.32 Å². The number of nitrogens with one attached hydrogen (secondary N) is 1. The predicted octanol–water partition coefficient (Wildman–Crippen LogP) is 3.25. The van der Waals surface area contributed by atoms with Gasteiger partial charge in [-0.05, 0) is 24.3 Å². The SMILES string of the molecule is O=C(NCCN=Cc1cc(Cl)cc(Cl)c1O)c1ccccc1O. The Morgan fingerprint density at radius 1 is 1.22 bits per heavy atom. The second-order valence-electron chi connectivity index (χ2n) is 4.63. The Morgan fingerprint density at radius 2 is 1.96 bits per heavy atom. The first-order chi connectivity index (χ1) is 11.0. The van der Waals surface area contributed by atoms with Gasteiger partial charge in [0.25, 0.3) is 5.91 Å². The molecule has 120 valence electrons. The number of rotatable bonds is 5. The van der Waals surface area contributed by atoms with Crippen molar-refractivity contribution in [2.24, 2.45) is 4.99 Å². The van der Waals surface area contributed by atoms with Crippen LogP contribution < -0.4 is 5.32 Å². The van der Waals surface area contributed by atoms with Crippen LogP contribution in [-0.2, 0) is 0 Å². The van der Waals surface area contributed by atoms with Gasteiger partial charge in [0, 0.05) is 23.3 Å². The van der Waals surface area contributed by atoms with Crippen LogP contribution >= 0.6 is 23.2 Å². The molecule has 0 aliphatic carbocycles. The van der Waals surface area contributed by atoms with E-state index in [1.165, 1.54) is 30.5 Å². The zero-order valence-electron chi connectivity index (χ0n) is 12.0. The summed E-state index contributed by atoms with van der Waals surface area (Å²) >= 11 is 11.7. The summed E-state index contributed by atoms with van der Waals surface area (Å²) in [6.45, 7) is 0.571. The van der Waals surface area contributed by atoms with E-state index in [-0.39, 0.29) is 34.5 Å². The monoisotopic (exact) mass is 352 g/mol. The zero-order chi connectivity index (χ0) is 16.8. The van der Waals surface area contributed by atoms with Crippen LogP contribution in [0.2, 0.25) is 10.0 Å². The summed E-state index contributed by atoms with van der Waals surface area (Å²) in [6.07, 6.45) is 1.43. The zero-order valence-corrected chi connectivity index (χ0v) is 13.5. The molecule has 23 heavy (non-hydrogen) atoms. The molecule has 5 nitrogen and oxygen atoms in total. The summed E-state index contributed by atoms with van der Waals surface area (Å²) in [7, 11) is 0. The third-order valence-electron chi connectivity index (χ3n) is 2.96. The van der Waals surface area contributed by atoms with Gasteiger partial charge in [0.15, 0.2) is 0 Å². The minimum Gasteiger partial charge on any atom is -0.507 e. The van der Waals surface area contributed by atoms with E-state index in [1.54, 1.807) is 12.1 Å². The molecule has 0 atom stereocenters. The Balaban J connectivity index is 1.88. The van der Waals surface area contributed by atoms with E-state index in [9.17, 15) is 15.0 Å². The minimum absolute atomic E-state index is 0.0769. The number of carbonyl (C=O) groups excluding carboxylic acids is 1. The van der Waals surface area contributed by atoms with Crippen LogP contribution in [0.5, 0.6) is 11.5 Å². The lowest BCUT2D eigenvalue weighted by Crippen LogP contribution is -2.26. The number of amides is 1. The van der Waals surface area contributed by atoms with E-state index in [1.807, 2.05) is 0 Å². The van der Waals surface area contributed by atoms with Gasteiger partial charge in [-0.2, -0.15) is 0 Å².